The number of hydrogen-bond donors (Lipinski definition) is 1. The topological polar surface area (TPSA) is 63.3 Å². The highest BCUT2D eigenvalue weighted by atomic mass is 79.9. The second kappa shape index (κ2) is 4.72. The second-order valence-electron chi connectivity index (χ2n) is 4.12. The average molecular weight is 336 g/mol. The number of fused-ring (bicyclic) bond motifs is 1. The van der Waals surface area contributed by atoms with Gasteiger partial charge < -0.3 is 9.52 Å². The fourth-order valence-corrected chi connectivity index (χ4v) is 2.50. The lowest BCUT2D eigenvalue weighted by molar-refractivity contribution is 0.0699. The maximum Gasteiger partial charge on any atom is 0.336 e. The lowest BCUT2D eigenvalue weighted by Crippen LogP contribution is -2.01. The van der Waals surface area contributed by atoms with Crippen molar-refractivity contribution in [1.29, 1.82) is 0 Å². The molecule has 2 aromatic heterocycles. The van der Waals surface area contributed by atoms with E-state index in [1.54, 1.807) is 12.1 Å². The van der Waals surface area contributed by atoms with E-state index in [0.717, 1.165) is 6.07 Å². The molecule has 6 heteroatoms. The summed E-state index contributed by atoms with van der Waals surface area (Å²) in [4.78, 5) is 15.7. The lowest BCUT2D eigenvalue weighted by atomic mass is 10.1. The van der Waals surface area contributed by atoms with Crippen LogP contribution in [-0.2, 0) is 0 Å². The van der Waals surface area contributed by atoms with Gasteiger partial charge in [-0.15, -0.1) is 0 Å². The molecule has 0 saturated heterocycles. The van der Waals surface area contributed by atoms with Crippen molar-refractivity contribution in [3.05, 3.63) is 52.4 Å². The summed E-state index contributed by atoms with van der Waals surface area (Å²) in [5, 5.41) is 9.53. The maximum atomic E-state index is 13.4. The van der Waals surface area contributed by atoms with E-state index < -0.39 is 11.8 Å². The van der Waals surface area contributed by atoms with Crippen LogP contribution in [0.25, 0.3) is 22.4 Å². The predicted molar refractivity (Wildman–Crippen MR) is 74.1 cm³/mol. The Morgan fingerprint density at radius 1 is 1.35 bits per heavy atom. The van der Waals surface area contributed by atoms with Gasteiger partial charge in [-0.3, -0.25) is 0 Å². The molecule has 2 heterocycles. The molecular formula is C14H7BrFNO3. The zero-order valence-electron chi connectivity index (χ0n) is 9.93. The Morgan fingerprint density at radius 3 is 2.80 bits per heavy atom. The van der Waals surface area contributed by atoms with Crippen molar-refractivity contribution in [2.75, 3.05) is 0 Å². The van der Waals surface area contributed by atoms with Crippen LogP contribution >= 0.6 is 15.9 Å². The zero-order valence-corrected chi connectivity index (χ0v) is 11.5. The van der Waals surface area contributed by atoms with Crippen molar-refractivity contribution in [3.8, 4) is 11.5 Å². The van der Waals surface area contributed by atoms with E-state index in [1.165, 1.54) is 18.4 Å². The molecule has 0 atom stereocenters. The highest BCUT2D eigenvalue weighted by Gasteiger charge is 2.16. The Bertz CT molecular complexity index is 815. The van der Waals surface area contributed by atoms with E-state index in [2.05, 4.69) is 20.9 Å². The number of rotatable bonds is 2. The molecule has 0 aliphatic rings. The lowest BCUT2D eigenvalue weighted by Gasteiger charge is -2.07. The zero-order chi connectivity index (χ0) is 14.3. The number of nitrogens with zero attached hydrogens (tertiary/aromatic N) is 1. The van der Waals surface area contributed by atoms with Crippen LogP contribution in [-0.4, -0.2) is 16.1 Å². The Kier molecular flexibility index (Phi) is 3.02. The van der Waals surface area contributed by atoms with E-state index in [0.29, 0.717) is 21.4 Å². The summed E-state index contributed by atoms with van der Waals surface area (Å²) in [5.74, 6) is -1.23. The molecule has 1 aromatic carbocycles. The number of carbonyl (C=O) groups is 1. The van der Waals surface area contributed by atoms with Crippen molar-refractivity contribution in [3.63, 3.8) is 0 Å². The van der Waals surface area contributed by atoms with Gasteiger partial charge in [0.2, 0.25) is 0 Å². The number of pyridine rings is 1. The van der Waals surface area contributed by atoms with Crippen molar-refractivity contribution < 1.29 is 18.7 Å². The van der Waals surface area contributed by atoms with Crippen LogP contribution in [0.2, 0.25) is 0 Å². The first-order valence-corrected chi connectivity index (χ1v) is 6.42. The third-order valence-electron chi connectivity index (χ3n) is 2.84. The molecule has 0 amide bonds. The third-order valence-corrected chi connectivity index (χ3v) is 3.44. The van der Waals surface area contributed by atoms with Gasteiger partial charge in [0.05, 0.1) is 17.3 Å². The van der Waals surface area contributed by atoms with Gasteiger partial charge in [-0.05, 0) is 46.3 Å². The van der Waals surface area contributed by atoms with E-state index in [9.17, 15) is 14.3 Å². The summed E-state index contributed by atoms with van der Waals surface area (Å²) < 4.78 is 19.1. The van der Waals surface area contributed by atoms with Gasteiger partial charge in [0, 0.05) is 9.86 Å². The minimum atomic E-state index is -1.15. The number of aromatic nitrogens is 1. The van der Waals surface area contributed by atoms with E-state index in [1.807, 2.05) is 0 Å². The van der Waals surface area contributed by atoms with Gasteiger partial charge >= 0.3 is 5.97 Å². The van der Waals surface area contributed by atoms with E-state index >= 15 is 0 Å². The number of carboxylic acid groups (broad SMARTS) is 1. The van der Waals surface area contributed by atoms with Crippen LogP contribution < -0.4 is 0 Å². The summed E-state index contributed by atoms with van der Waals surface area (Å²) in [6.07, 6.45) is 1.47. The summed E-state index contributed by atoms with van der Waals surface area (Å²) in [6, 6.07) is 7.13. The molecule has 0 aliphatic carbocycles. The molecule has 4 nitrogen and oxygen atoms in total. The highest BCUT2D eigenvalue weighted by molar-refractivity contribution is 9.10. The van der Waals surface area contributed by atoms with Crippen molar-refractivity contribution in [1.82, 2.24) is 4.98 Å². The van der Waals surface area contributed by atoms with Crippen LogP contribution in [0.1, 0.15) is 10.4 Å². The normalized spacial score (nSPS) is 10.9. The number of aromatic carboxylic acids is 1. The van der Waals surface area contributed by atoms with Gasteiger partial charge in [0.15, 0.2) is 5.76 Å². The molecule has 0 aliphatic heterocycles. The van der Waals surface area contributed by atoms with Crippen LogP contribution in [0.5, 0.6) is 0 Å². The smallest absolute Gasteiger partial charge is 0.336 e. The number of furan rings is 1. The summed E-state index contributed by atoms with van der Waals surface area (Å²) in [7, 11) is 0. The van der Waals surface area contributed by atoms with Gasteiger partial charge in [-0.1, -0.05) is 0 Å². The summed E-state index contributed by atoms with van der Waals surface area (Å²) in [6.45, 7) is 0. The largest absolute Gasteiger partial charge is 0.478 e. The number of hydrogen-bond acceptors (Lipinski definition) is 3. The SMILES string of the molecule is O=C(O)c1cc(-c2ccco2)nc2c(Br)cc(F)cc12. The Hall–Kier alpha value is -2.21. The first-order chi connectivity index (χ1) is 9.56. The first-order valence-electron chi connectivity index (χ1n) is 5.63. The second-order valence-corrected chi connectivity index (χ2v) is 4.98. The molecule has 100 valence electrons. The third kappa shape index (κ3) is 2.08. The van der Waals surface area contributed by atoms with Gasteiger partial charge in [0.25, 0.3) is 0 Å². The summed E-state index contributed by atoms with van der Waals surface area (Å²) in [5.41, 5.74) is 0.728. The Morgan fingerprint density at radius 2 is 2.15 bits per heavy atom. The number of benzene rings is 1. The van der Waals surface area contributed by atoms with Crippen LogP contribution in [0.3, 0.4) is 0 Å². The fraction of sp³-hybridized carbons (Fsp3) is 0. The van der Waals surface area contributed by atoms with Crippen LogP contribution in [0, 0.1) is 5.82 Å². The number of carboxylic acids is 1. The van der Waals surface area contributed by atoms with Gasteiger partial charge in [0.1, 0.15) is 11.5 Å². The molecule has 20 heavy (non-hydrogen) atoms. The van der Waals surface area contributed by atoms with Crippen LogP contribution in [0.4, 0.5) is 4.39 Å². The quantitative estimate of drug-likeness (QED) is 0.765. The van der Waals surface area contributed by atoms with Crippen LogP contribution in [0.15, 0.2) is 45.5 Å². The molecule has 0 spiro atoms. The minimum absolute atomic E-state index is 0.0263. The molecular weight excluding hydrogens is 329 g/mol. The number of halogens is 2. The first kappa shape index (κ1) is 12.8. The Balaban J connectivity index is 2.40. The highest BCUT2D eigenvalue weighted by Crippen LogP contribution is 2.30. The van der Waals surface area contributed by atoms with Gasteiger partial charge in [-0.2, -0.15) is 0 Å². The molecule has 3 aromatic rings. The van der Waals surface area contributed by atoms with E-state index in [4.69, 9.17) is 4.42 Å². The molecule has 0 unspecified atom stereocenters. The molecule has 0 saturated carbocycles. The summed E-state index contributed by atoms with van der Waals surface area (Å²) >= 11 is 3.20. The molecule has 1 N–H and O–H groups in total. The van der Waals surface area contributed by atoms with Crippen molar-refractivity contribution >= 4 is 32.8 Å². The van der Waals surface area contributed by atoms with Crippen molar-refractivity contribution in [2.45, 2.75) is 0 Å². The fourth-order valence-electron chi connectivity index (χ4n) is 1.98. The predicted octanol–water partition coefficient (Wildman–Crippen LogP) is 4.09. The molecule has 0 bridgehead atoms. The average Bonchev–Trinajstić information content (AvgIpc) is 2.91. The molecule has 0 fully saturated rings. The monoisotopic (exact) mass is 335 g/mol. The minimum Gasteiger partial charge on any atom is -0.478 e. The Labute approximate surface area is 121 Å². The molecule has 0 radical (unpaired) electrons. The van der Waals surface area contributed by atoms with E-state index in [-0.39, 0.29) is 10.9 Å². The molecule has 3 rings (SSSR count). The van der Waals surface area contributed by atoms with Gasteiger partial charge in [-0.25, -0.2) is 14.2 Å². The maximum absolute atomic E-state index is 13.4. The van der Waals surface area contributed by atoms with Crippen molar-refractivity contribution in [2.24, 2.45) is 0 Å². The standard InChI is InChI=1S/C14H7BrFNO3/c15-10-5-7(16)4-8-9(14(18)19)6-11(17-13(8)10)12-2-1-3-20-12/h1-6H,(H,18,19).